The smallest absolute Gasteiger partial charge is 0.141 e. The number of halogens is 1. The zero-order valence-corrected chi connectivity index (χ0v) is 10.9. The molecule has 0 aliphatic heterocycles. The Hall–Kier alpha value is -2.18. The number of aliphatic hydroxyl groups excluding tert-OH is 1. The van der Waals surface area contributed by atoms with Crippen LogP contribution in [0.2, 0.25) is 0 Å². The van der Waals surface area contributed by atoms with E-state index in [4.69, 9.17) is 5.26 Å². The highest BCUT2D eigenvalue weighted by Gasteiger charge is 2.10. The van der Waals surface area contributed by atoms with Crippen molar-refractivity contribution in [1.82, 2.24) is 0 Å². The van der Waals surface area contributed by atoms with Gasteiger partial charge in [0.1, 0.15) is 11.9 Å². The number of nitriles is 1. The topological polar surface area (TPSA) is 44.0 Å². The normalized spacial score (nSPS) is 10.3. The summed E-state index contributed by atoms with van der Waals surface area (Å²) in [4.78, 5) is 0. The highest BCUT2D eigenvalue weighted by molar-refractivity contribution is 5.70. The van der Waals surface area contributed by atoms with E-state index in [-0.39, 0.29) is 12.2 Å². The van der Waals surface area contributed by atoms with E-state index in [1.54, 1.807) is 6.07 Å². The van der Waals surface area contributed by atoms with Gasteiger partial charge in [0.15, 0.2) is 0 Å². The Morgan fingerprint density at radius 3 is 2.53 bits per heavy atom. The first-order valence-corrected chi connectivity index (χ1v) is 5.98. The van der Waals surface area contributed by atoms with E-state index in [9.17, 15) is 9.50 Å². The monoisotopic (exact) mass is 255 g/mol. The van der Waals surface area contributed by atoms with Crippen LogP contribution in [0.15, 0.2) is 30.3 Å². The van der Waals surface area contributed by atoms with E-state index >= 15 is 0 Å². The molecule has 3 heteroatoms. The van der Waals surface area contributed by atoms with Gasteiger partial charge in [-0.15, -0.1) is 0 Å². The van der Waals surface area contributed by atoms with Crippen LogP contribution in [0.4, 0.5) is 4.39 Å². The van der Waals surface area contributed by atoms with Crippen molar-refractivity contribution in [2.75, 3.05) is 0 Å². The van der Waals surface area contributed by atoms with Gasteiger partial charge in [-0.1, -0.05) is 23.8 Å². The second kappa shape index (κ2) is 5.21. The predicted octanol–water partition coefficient (Wildman–Crippen LogP) is 3.47. The van der Waals surface area contributed by atoms with Crippen molar-refractivity contribution in [2.24, 2.45) is 0 Å². The quantitative estimate of drug-likeness (QED) is 0.892. The second-order valence-electron chi connectivity index (χ2n) is 4.56. The number of aliphatic hydroxyl groups is 1. The summed E-state index contributed by atoms with van der Waals surface area (Å²) in [6, 6.07) is 10.2. The Kier molecular flexibility index (Phi) is 3.64. The predicted molar refractivity (Wildman–Crippen MR) is 71.9 cm³/mol. The number of rotatable bonds is 2. The van der Waals surface area contributed by atoms with Gasteiger partial charge in [-0.25, -0.2) is 4.39 Å². The molecule has 2 rings (SSSR count). The average Bonchev–Trinajstić information content (AvgIpc) is 2.40. The SMILES string of the molecule is Cc1cc(CO)c(C)c(-c2ccc(C#N)c(F)c2)c1. The van der Waals surface area contributed by atoms with E-state index in [1.165, 1.54) is 12.1 Å². The van der Waals surface area contributed by atoms with Crippen LogP contribution in [0.1, 0.15) is 22.3 Å². The third-order valence-electron chi connectivity index (χ3n) is 3.23. The lowest BCUT2D eigenvalue weighted by Gasteiger charge is -2.12. The largest absolute Gasteiger partial charge is 0.392 e. The van der Waals surface area contributed by atoms with Crippen LogP contribution in [0, 0.1) is 31.0 Å². The lowest BCUT2D eigenvalue weighted by molar-refractivity contribution is 0.281. The minimum Gasteiger partial charge on any atom is -0.392 e. The van der Waals surface area contributed by atoms with Gasteiger partial charge in [0, 0.05) is 0 Å². The lowest BCUT2D eigenvalue weighted by atomic mass is 9.94. The molecule has 0 bridgehead atoms. The third kappa shape index (κ3) is 2.49. The Bertz CT molecular complexity index is 671. The summed E-state index contributed by atoms with van der Waals surface area (Å²) >= 11 is 0. The molecule has 0 atom stereocenters. The van der Waals surface area contributed by atoms with Gasteiger partial charge in [-0.2, -0.15) is 5.26 Å². The number of aryl methyl sites for hydroxylation is 1. The first-order valence-electron chi connectivity index (χ1n) is 5.98. The van der Waals surface area contributed by atoms with Crippen molar-refractivity contribution >= 4 is 0 Å². The molecule has 2 nitrogen and oxygen atoms in total. The molecule has 0 amide bonds. The van der Waals surface area contributed by atoms with Gasteiger partial charge >= 0.3 is 0 Å². The van der Waals surface area contributed by atoms with Gasteiger partial charge in [-0.05, 0) is 48.2 Å². The summed E-state index contributed by atoms with van der Waals surface area (Å²) < 4.78 is 13.7. The number of nitrogens with zero attached hydrogens (tertiary/aromatic N) is 1. The summed E-state index contributed by atoms with van der Waals surface area (Å²) in [5.41, 5.74) is 4.41. The molecule has 0 aromatic heterocycles. The van der Waals surface area contributed by atoms with Gasteiger partial charge in [0.25, 0.3) is 0 Å². The van der Waals surface area contributed by atoms with Crippen molar-refractivity contribution in [3.8, 4) is 17.2 Å². The summed E-state index contributed by atoms with van der Waals surface area (Å²) in [5.74, 6) is -0.522. The fourth-order valence-corrected chi connectivity index (χ4v) is 2.17. The van der Waals surface area contributed by atoms with Crippen molar-refractivity contribution in [2.45, 2.75) is 20.5 Å². The van der Waals surface area contributed by atoms with Gasteiger partial charge in [-0.3, -0.25) is 0 Å². The maximum atomic E-state index is 13.7. The van der Waals surface area contributed by atoms with Crippen LogP contribution >= 0.6 is 0 Å². The van der Waals surface area contributed by atoms with Crippen molar-refractivity contribution < 1.29 is 9.50 Å². The molecule has 0 unspecified atom stereocenters. The molecule has 19 heavy (non-hydrogen) atoms. The molecule has 2 aromatic rings. The molecule has 0 heterocycles. The zero-order valence-electron chi connectivity index (χ0n) is 10.9. The molecular weight excluding hydrogens is 241 g/mol. The van der Waals surface area contributed by atoms with Crippen LogP contribution < -0.4 is 0 Å². The Morgan fingerprint density at radius 1 is 1.21 bits per heavy atom. The van der Waals surface area contributed by atoms with Crippen molar-refractivity contribution in [3.05, 3.63) is 58.4 Å². The minimum absolute atomic E-state index is 0.0384. The van der Waals surface area contributed by atoms with E-state index in [0.717, 1.165) is 22.3 Å². The van der Waals surface area contributed by atoms with E-state index in [1.807, 2.05) is 32.0 Å². The zero-order chi connectivity index (χ0) is 14.0. The van der Waals surface area contributed by atoms with Crippen LogP contribution in [-0.4, -0.2) is 5.11 Å². The van der Waals surface area contributed by atoms with Gasteiger partial charge in [0.2, 0.25) is 0 Å². The number of hydrogen-bond donors (Lipinski definition) is 1. The Balaban J connectivity index is 2.62. The highest BCUT2D eigenvalue weighted by atomic mass is 19.1. The maximum absolute atomic E-state index is 13.7. The first kappa shape index (κ1) is 13.3. The van der Waals surface area contributed by atoms with E-state index in [2.05, 4.69) is 0 Å². The Labute approximate surface area is 111 Å². The van der Waals surface area contributed by atoms with E-state index < -0.39 is 5.82 Å². The van der Waals surface area contributed by atoms with Crippen LogP contribution in [0.25, 0.3) is 11.1 Å². The van der Waals surface area contributed by atoms with Gasteiger partial charge < -0.3 is 5.11 Å². The number of benzene rings is 2. The van der Waals surface area contributed by atoms with Gasteiger partial charge in [0.05, 0.1) is 12.2 Å². The molecule has 0 saturated heterocycles. The third-order valence-corrected chi connectivity index (χ3v) is 3.23. The average molecular weight is 255 g/mol. The second-order valence-corrected chi connectivity index (χ2v) is 4.56. The Morgan fingerprint density at radius 2 is 1.95 bits per heavy atom. The summed E-state index contributed by atoms with van der Waals surface area (Å²) in [6.07, 6.45) is 0. The fourth-order valence-electron chi connectivity index (χ4n) is 2.17. The summed E-state index contributed by atoms with van der Waals surface area (Å²) in [5, 5.41) is 18.1. The molecule has 0 saturated carbocycles. The van der Waals surface area contributed by atoms with E-state index in [0.29, 0.717) is 5.56 Å². The maximum Gasteiger partial charge on any atom is 0.141 e. The standard InChI is InChI=1S/C16H14FNO/c1-10-5-14(9-19)11(2)15(6-10)12-3-4-13(8-18)16(17)7-12/h3-7,19H,9H2,1-2H3. The summed E-state index contributed by atoms with van der Waals surface area (Å²) in [6.45, 7) is 3.79. The molecule has 2 aromatic carbocycles. The lowest BCUT2D eigenvalue weighted by Crippen LogP contribution is -1.95. The van der Waals surface area contributed by atoms with Crippen LogP contribution in [0.5, 0.6) is 0 Å². The van der Waals surface area contributed by atoms with Crippen LogP contribution in [0.3, 0.4) is 0 Å². The first-order chi connectivity index (χ1) is 9.06. The van der Waals surface area contributed by atoms with Crippen LogP contribution in [-0.2, 0) is 6.61 Å². The molecule has 0 radical (unpaired) electrons. The molecule has 0 aliphatic carbocycles. The fraction of sp³-hybridized carbons (Fsp3) is 0.188. The molecule has 1 N–H and O–H groups in total. The molecule has 96 valence electrons. The molecule has 0 fully saturated rings. The molecule has 0 aliphatic rings. The number of hydrogen-bond acceptors (Lipinski definition) is 2. The highest BCUT2D eigenvalue weighted by Crippen LogP contribution is 2.28. The van der Waals surface area contributed by atoms with Crippen molar-refractivity contribution in [3.63, 3.8) is 0 Å². The molecule has 0 spiro atoms. The summed E-state index contributed by atoms with van der Waals surface area (Å²) in [7, 11) is 0. The molecular formula is C16H14FNO. The van der Waals surface area contributed by atoms with Crippen molar-refractivity contribution in [1.29, 1.82) is 5.26 Å². The minimum atomic E-state index is -0.522.